The van der Waals surface area contributed by atoms with Crippen molar-refractivity contribution < 1.29 is 4.74 Å². The Morgan fingerprint density at radius 1 is 1.60 bits per heavy atom. The molecule has 0 bridgehead atoms. The van der Waals surface area contributed by atoms with Gasteiger partial charge in [-0.1, -0.05) is 6.92 Å². The van der Waals surface area contributed by atoms with E-state index in [1.165, 1.54) is 36.1 Å². The zero-order chi connectivity index (χ0) is 13.8. The summed E-state index contributed by atoms with van der Waals surface area (Å²) in [4.78, 5) is 0. The van der Waals surface area contributed by atoms with Crippen LogP contribution in [0.25, 0.3) is 0 Å². The molecule has 0 saturated carbocycles. The second-order valence-corrected chi connectivity index (χ2v) is 7.51. The number of thioether (sulfide) groups is 1. The molecule has 2 saturated heterocycles. The van der Waals surface area contributed by atoms with Gasteiger partial charge in [0, 0.05) is 12.4 Å². The van der Waals surface area contributed by atoms with E-state index in [0.717, 1.165) is 31.7 Å². The van der Waals surface area contributed by atoms with Crippen molar-refractivity contribution in [3.05, 3.63) is 11.9 Å². The third-order valence-corrected chi connectivity index (χ3v) is 6.10. The van der Waals surface area contributed by atoms with E-state index in [4.69, 9.17) is 4.74 Å². The van der Waals surface area contributed by atoms with E-state index in [9.17, 15) is 0 Å². The van der Waals surface area contributed by atoms with Gasteiger partial charge in [-0.25, -0.2) is 0 Å². The van der Waals surface area contributed by atoms with Crippen LogP contribution in [-0.4, -0.2) is 39.0 Å². The van der Waals surface area contributed by atoms with E-state index in [0.29, 0.717) is 12.0 Å². The van der Waals surface area contributed by atoms with Crippen molar-refractivity contribution in [2.24, 2.45) is 5.92 Å². The maximum absolute atomic E-state index is 6.15. The molecule has 2 aliphatic rings. The van der Waals surface area contributed by atoms with Crippen molar-refractivity contribution in [3.8, 4) is 0 Å². The van der Waals surface area contributed by atoms with Gasteiger partial charge in [-0.2, -0.15) is 20.5 Å². The van der Waals surface area contributed by atoms with Crippen LogP contribution in [-0.2, 0) is 4.74 Å². The molecular formula is C14H23N3OS2. The summed E-state index contributed by atoms with van der Waals surface area (Å²) in [6, 6.07) is 0.347. The lowest BCUT2D eigenvalue weighted by Gasteiger charge is -2.40. The minimum Gasteiger partial charge on any atom is -0.374 e. The number of nitrogens with zero attached hydrogens (tertiary/aromatic N) is 2. The second kappa shape index (κ2) is 6.73. The van der Waals surface area contributed by atoms with E-state index >= 15 is 0 Å². The maximum atomic E-state index is 6.15. The van der Waals surface area contributed by atoms with Crippen LogP contribution in [0.5, 0.6) is 0 Å². The topological polar surface area (TPSA) is 47.0 Å². The first-order valence-corrected chi connectivity index (χ1v) is 9.44. The highest BCUT2D eigenvalue weighted by molar-refractivity contribution is 7.99. The summed E-state index contributed by atoms with van der Waals surface area (Å²) in [5, 5.41) is 3.69. The van der Waals surface area contributed by atoms with Crippen LogP contribution in [0.1, 0.15) is 44.3 Å². The highest BCUT2D eigenvalue weighted by atomic mass is 32.2. The molecule has 1 aromatic rings. The molecule has 6 heteroatoms. The highest BCUT2D eigenvalue weighted by Crippen LogP contribution is 2.43. The molecule has 0 radical (unpaired) electrons. The molecule has 3 atom stereocenters. The van der Waals surface area contributed by atoms with Crippen molar-refractivity contribution in [3.63, 3.8) is 0 Å². The first-order chi connectivity index (χ1) is 9.83. The van der Waals surface area contributed by atoms with Crippen molar-refractivity contribution in [2.75, 3.05) is 24.7 Å². The van der Waals surface area contributed by atoms with Gasteiger partial charge in [0.15, 0.2) is 0 Å². The Hall–Kier alpha value is -0.170. The maximum Gasteiger partial charge on any atom is 0.0915 e. The molecule has 0 aromatic carbocycles. The molecular weight excluding hydrogens is 290 g/mol. The average Bonchev–Trinajstić information content (AvgIpc) is 3.12. The summed E-state index contributed by atoms with van der Waals surface area (Å²) in [6.07, 6.45) is 6.59. The Morgan fingerprint density at radius 2 is 2.55 bits per heavy atom. The smallest absolute Gasteiger partial charge is 0.0915 e. The summed E-state index contributed by atoms with van der Waals surface area (Å²) in [5.74, 6) is 3.04. The SMILES string of the molecule is CCCNC(c1cnsn1)C1CCOC2(CCSC2)C1. The largest absolute Gasteiger partial charge is 0.374 e. The number of ether oxygens (including phenoxy) is 1. The highest BCUT2D eigenvalue weighted by Gasteiger charge is 2.43. The number of hydrogen-bond acceptors (Lipinski definition) is 6. The monoisotopic (exact) mass is 313 g/mol. The third kappa shape index (κ3) is 3.18. The fraction of sp³-hybridized carbons (Fsp3) is 0.857. The van der Waals surface area contributed by atoms with Gasteiger partial charge in [-0.15, -0.1) is 0 Å². The van der Waals surface area contributed by atoms with Gasteiger partial charge in [-0.05, 0) is 43.9 Å². The normalized spacial score (nSPS) is 31.8. The predicted molar refractivity (Wildman–Crippen MR) is 84.3 cm³/mol. The van der Waals surface area contributed by atoms with Gasteiger partial charge in [0.1, 0.15) is 0 Å². The molecule has 0 aliphatic carbocycles. The molecule has 1 spiro atoms. The molecule has 3 rings (SSSR count). The van der Waals surface area contributed by atoms with Crippen molar-refractivity contribution in [1.82, 2.24) is 14.1 Å². The molecule has 112 valence electrons. The van der Waals surface area contributed by atoms with Gasteiger partial charge < -0.3 is 10.1 Å². The predicted octanol–water partition coefficient (Wildman–Crippen LogP) is 2.88. The first kappa shape index (κ1) is 14.8. The Kier molecular flexibility index (Phi) is 4.96. The van der Waals surface area contributed by atoms with Gasteiger partial charge in [0.05, 0.1) is 35.3 Å². The van der Waals surface area contributed by atoms with Crippen molar-refractivity contribution in [2.45, 2.75) is 44.2 Å². The quantitative estimate of drug-likeness (QED) is 0.906. The number of nitrogens with one attached hydrogen (secondary N) is 1. The van der Waals surface area contributed by atoms with Crippen LogP contribution >= 0.6 is 23.5 Å². The molecule has 1 N–H and O–H groups in total. The van der Waals surface area contributed by atoms with Crippen molar-refractivity contribution >= 4 is 23.5 Å². The average molecular weight is 313 g/mol. The Bertz CT molecular complexity index is 407. The zero-order valence-corrected chi connectivity index (χ0v) is 13.6. The number of rotatable bonds is 5. The second-order valence-electron chi connectivity index (χ2n) is 5.85. The molecule has 2 fully saturated rings. The molecule has 3 unspecified atom stereocenters. The van der Waals surface area contributed by atoms with E-state index in [2.05, 4.69) is 21.0 Å². The number of aromatic nitrogens is 2. The Labute approximate surface area is 129 Å². The molecule has 3 heterocycles. The molecule has 0 amide bonds. The van der Waals surface area contributed by atoms with Crippen LogP contribution < -0.4 is 5.32 Å². The van der Waals surface area contributed by atoms with Gasteiger partial charge in [0.2, 0.25) is 0 Å². The lowest BCUT2D eigenvalue weighted by atomic mass is 9.80. The van der Waals surface area contributed by atoms with E-state index in [-0.39, 0.29) is 5.60 Å². The summed E-state index contributed by atoms with van der Waals surface area (Å²) < 4.78 is 14.8. The third-order valence-electron chi connectivity index (χ3n) is 4.38. The fourth-order valence-corrected chi connectivity index (χ4v) is 5.17. The van der Waals surface area contributed by atoms with E-state index in [1.807, 2.05) is 18.0 Å². The Balaban J connectivity index is 1.72. The van der Waals surface area contributed by atoms with Gasteiger partial charge >= 0.3 is 0 Å². The standard InChI is InChI=1S/C14H23N3OS2/c1-2-5-15-13(12-9-16-20-17-12)11-3-6-18-14(8-11)4-7-19-10-14/h9,11,13,15H,2-8,10H2,1H3. The molecule has 2 aliphatic heterocycles. The lowest BCUT2D eigenvalue weighted by molar-refractivity contribution is -0.0855. The zero-order valence-electron chi connectivity index (χ0n) is 12.0. The van der Waals surface area contributed by atoms with E-state index in [1.54, 1.807) is 0 Å². The summed E-state index contributed by atoms with van der Waals surface area (Å²) in [5.41, 5.74) is 1.26. The van der Waals surface area contributed by atoms with E-state index < -0.39 is 0 Å². The van der Waals surface area contributed by atoms with Gasteiger partial charge in [0.25, 0.3) is 0 Å². The molecule has 20 heavy (non-hydrogen) atoms. The van der Waals surface area contributed by atoms with Crippen LogP contribution in [0.15, 0.2) is 6.20 Å². The molecule has 4 nitrogen and oxygen atoms in total. The first-order valence-electron chi connectivity index (χ1n) is 7.55. The lowest BCUT2D eigenvalue weighted by Crippen LogP contribution is -2.44. The molecule has 1 aromatic heterocycles. The van der Waals surface area contributed by atoms with Crippen LogP contribution in [0, 0.1) is 5.92 Å². The minimum absolute atomic E-state index is 0.142. The summed E-state index contributed by atoms with van der Waals surface area (Å²) in [7, 11) is 0. The summed E-state index contributed by atoms with van der Waals surface area (Å²) >= 11 is 3.35. The van der Waals surface area contributed by atoms with Crippen molar-refractivity contribution in [1.29, 1.82) is 0 Å². The fourth-order valence-electron chi connectivity index (χ4n) is 3.33. The van der Waals surface area contributed by atoms with Crippen LogP contribution in [0.3, 0.4) is 0 Å². The Morgan fingerprint density at radius 3 is 3.25 bits per heavy atom. The minimum atomic E-state index is 0.142. The van der Waals surface area contributed by atoms with Gasteiger partial charge in [-0.3, -0.25) is 0 Å². The summed E-state index contributed by atoms with van der Waals surface area (Å²) in [6.45, 7) is 4.15. The van der Waals surface area contributed by atoms with Crippen LogP contribution in [0.2, 0.25) is 0 Å². The number of hydrogen-bond donors (Lipinski definition) is 1. The van der Waals surface area contributed by atoms with Crippen LogP contribution in [0.4, 0.5) is 0 Å².